The normalized spacial score (nSPS) is 17.9. The standard InChI is InChI=1S/C13H17N3/c1-9(7-14)10-2-5-12-13(6-10)16(8-15-12)11-3-4-11/h2,5-6,8-9,11H,3-4,7,14H2,1H3. The summed E-state index contributed by atoms with van der Waals surface area (Å²) >= 11 is 0. The van der Waals surface area contributed by atoms with Gasteiger partial charge in [-0.15, -0.1) is 0 Å². The Bertz CT molecular complexity index is 511. The molecule has 0 aliphatic heterocycles. The maximum atomic E-state index is 5.71. The van der Waals surface area contributed by atoms with E-state index >= 15 is 0 Å². The van der Waals surface area contributed by atoms with Gasteiger partial charge in [0.25, 0.3) is 0 Å². The molecule has 0 saturated heterocycles. The Kier molecular flexibility index (Phi) is 2.21. The lowest BCUT2D eigenvalue weighted by Gasteiger charge is -2.09. The predicted octanol–water partition coefficient (Wildman–Crippen LogP) is 2.43. The molecule has 1 aliphatic carbocycles. The lowest BCUT2D eigenvalue weighted by Crippen LogP contribution is -2.08. The molecule has 1 fully saturated rings. The summed E-state index contributed by atoms with van der Waals surface area (Å²) < 4.78 is 2.31. The average Bonchev–Trinajstić information content (AvgIpc) is 3.08. The molecule has 16 heavy (non-hydrogen) atoms. The third-order valence-corrected chi connectivity index (χ3v) is 3.46. The van der Waals surface area contributed by atoms with Gasteiger partial charge in [-0.05, 0) is 43.0 Å². The van der Waals surface area contributed by atoms with Crippen LogP contribution in [0.3, 0.4) is 0 Å². The van der Waals surface area contributed by atoms with Crippen molar-refractivity contribution in [2.24, 2.45) is 5.73 Å². The van der Waals surface area contributed by atoms with E-state index in [0.29, 0.717) is 18.5 Å². The molecular formula is C13H17N3. The van der Waals surface area contributed by atoms with E-state index in [1.54, 1.807) is 0 Å². The van der Waals surface area contributed by atoms with Crippen LogP contribution >= 0.6 is 0 Å². The van der Waals surface area contributed by atoms with Crippen molar-refractivity contribution < 1.29 is 0 Å². The molecule has 3 heteroatoms. The number of nitrogens with zero attached hydrogens (tertiary/aromatic N) is 2. The van der Waals surface area contributed by atoms with E-state index in [1.165, 1.54) is 23.9 Å². The molecule has 0 spiro atoms. The molecule has 0 radical (unpaired) electrons. The van der Waals surface area contributed by atoms with Crippen LogP contribution in [0.4, 0.5) is 0 Å². The number of fused-ring (bicyclic) bond motifs is 1. The van der Waals surface area contributed by atoms with Gasteiger partial charge < -0.3 is 10.3 Å². The van der Waals surface area contributed by atoms with Gasteiger partial charge in [0, 0.05) is 6.04 Å². The lowest BCUT2D eigenvalue weighted by atomic mass is 10.0. The van der Waals surface area contributed by atoms with Crippen LogP contribution in [0.25, 0.3) is 11.0 Å². The molecule has 2 aromatic rings. The first kappa shape index (κ1) is 9.85. The number of hydrogen-bond donors (Lipinski definition) is 1. The number of nitrogens with two attached hydrogens (primary N) is 1. The second-order valence-corrected chi connectivity index (χ2v) is 4.77. The fraction of sp³-hybridized carbons (Fsp3) is 0.462. The zero-order chi connectivity index (χ0) is 11.1. The molecular weight excluding hydrogens is 198 g/mol. The van der Waals surface area contributed by atoms with Gasteiger partial charge >= 0.3 is 0 Å². The molecule has 3 nitrogen and oxygen atoms in total. The van der Waals surface area contributed by atoms with Crippen molar-refractivity contribution in [2.45, 2.75) is 31.7 Å². The zero-order valence-electron chi connectivity index (χ0n) is 9.56. The molecule has 84 valence electrons. The number of imidazole rings is 1. The van der Waals surface area contributed by atoms with Crippen molar-refractivity contribution in [3.05, 3.63) is 30.1 Å². The van der Waals surface area contributed by atoms with Gasteiger partial charge in [-0.1, -0.05) is 13.0 Å². The van der Waals surface area contributed by atoms with E-state index in [-0.39, 0.29) is 0 Å². The first-order valence-corrected chi connectivity index (χ1v) is 5.96. The molecule has 1 unspecified atom stereocenters. The highest BCUT2D eigenvalue weighted by Crippen LogP contribution is 2.37. The molecule has 0 amide bonds. The van der Waals surface area contributed by atoms with Crippen LogP contribution in [-0.2, 0) is 0 Å². The van der Waals surface area contributed by atoms with Crippen LogP contribution in [0.15, 0.2) is 24.5 Å². The molecule has 2 N–H and O–H groups in total. The third kappa shape index (κ3) is 1.52. The summed E-state index contributed by atoms with van der Waals surface area (Å²) in [4.78, 5) is 4.44. The minimum absolute atomic E-state index is 0.423. The fourth-order valence-electron chi connectivity index (χ4n) is 2.13. The van der Waals surface area contributed by atoms with Gasteiger partial charge in [0.15, 0.2) is 0 Å². The largest absolute Gasteiger partial charge is 0.330 e. The van der Waals surface area contributed by atoms with Crippen molar-refractivity contribution in [3.63, 3.8) is 0 Å². The number of aromatic nitrogens is 2. The monoisotopic (exact) mass is 215 g/mol. The summed E-state index contributed by atoms with van der Waals surface area (Å²) in [6, 6.07) is 7.19. The van der Waals surface area contributed by atoms with E-state index in [1.807, 2.05) is 6.33 Å². The topological polar surface area (TPSA) is 43.8 Å². The van der Waals surface area contributed by atoms with Crippen LogP contribution in [0.5, 0.6) is 0 Å². The third-order valence-electron chi connectivity index (χ3n) is 3.46. The highest BCUT2D eigenvalue weighted by Gasteiger charge is 2.25. The molecule has 1 aliphatic rings. The van der Waals surface area contributed by atoms with Gasteiger partial charge in [0.05, 0.1) is 17.4 Å². The molecule has 1 aromatic heterocycles. The number of rotatable bonds is 3. The van der Waals surface area contributed by atoms with Gasteiger partial charge in [-0.25, -0.2) is 4.98 Å². The zero-order valence-corrected chi connectivity index (χ0v) is 9.56. The Morgan fingerprint density at radius 1 is 1.50 bits per heavy atom. The second kappa shape index (κ2) is 3.59. The van der Waals surface area contributed by atoms with Crippen LogP contribution < -0.4 is 5.73 Å². The fourth-order valence-corrected chi connectivity index (χ4v) is 2.13. The van der Waals surface area contributed by atoms with E-state index in [0.717, 1.165) is 5.52 Å². The summed E-state index contributed by atoms with van der Waals surface area (Å²) in [5.74, 6) is 0.423. The van der Waals surface area contributed by atoms with Crippen LogP contribution in [0.2, 0.25) is 0 Å². The summed E-state index contributed by atoms with van der Waals surface area (Å²) in [6.07, 6.45) is 4.56. The lowest BCUT2D eigenvalue weighted by molar-refractivity contribution is 0.757. The Balaban J connectivity index is 2.10. The van der Waals surface area contributed by atoms with Gasteiger partial charge in [0.1, 0.15) is 0 Å². The highest BCUT2D eigenvalue weighted by molar-refractivity contribution is 5.76. The van der Waals surface area contributed by atoms with Crippen molar-refractivity contribution in [3.8, 4) is 0 Å². The van der Waals surface area contributed by atoms with Crippen LogP contribution in [0, 0.1) is 0 Å². The van der Waals surface area contributed by atoms with Crippen LogP contribution in [0.1, 0.15) is 37.3 Å². The summed E-state index contributed by atoms with van der Waals surface area (Å²) in [6.45, 7) is 2.86. The second-order valence-electron chi connectivity index (χ2n) is 4.77. The quantitative estimate of drug-likeness (QED) is 0.854. The molecule has 0 bridgehead atoms. The van der Waals surface area contributed by atoms with Gasteiger partial charge in [-0.2, -0.15) is 0 Å². The number of benzene rings is 1. The van der Waals surface area contributed by atoms with Crippen molar-refractivity contribution in [1.29, 1.82) is 0 Å². The SMILES string of the molecule is CC(CN)c1ccc2ncn(C3CC3)c2c1. The molecule has 1 saturated carbocycles. The highest BCUT2D eigenvalue weighted by atomic mass is 15.1. The van der Waals surface area contributed by atoms with E-state index in [4.69, 9.17) is 5.73 Å². The van der Waals surface area contributed by atoms with E-state index < -0.39 is 0 Å². The van der Waals surface area contributed by atoms with Crippen molar-refractivity contribution >= 4 is 11.0 Å². The molecule has 1 heterocycles. The summed E-state index contributed by atoms with van der Waals surface area (Å²) in [5, 5.41) is 0. The minimum atomic E-state index is 0.423. The van der Waals surface area contributed by atoms with E-state index in [9.17, 15) is 0 Å². The Labute approximate surface area is 95.3 Å². The first-order valence-electron chi connectivity index (χ1n) is 5.96. The molecule has 1 aromatic carbocycles. The Morgan fingerprint density at radius 3 is 3.00 bits per heavy atom. The number of hydrogen-bond acceptors (Lipinski definition) is 2. The smallest absolute Gasteiger partial charge is 0.0960 e. The van der Waals surface area contributed by atoms with Crippen molar-refractivity contribution in [1.82, 2.24) is 9.55 Å². The Hall–Kier alpha value is -1.35. The predicted molar refractivity (Wildman–Crippen MR) is 65.5 cm³/mol. The van der Waals surface area contributed by atoms with E-state index in [2.05, 4.69) is 34.7 Å². The minimum Gasteiger partial charge on any atom is -0.330 e. The van der Waals surface area contributed by atoms with Crippen molar-refractivity contribution in [2.75, 3.05) is 6.54 Å². The summed E-state index contributed by atoms with van der Waals surface area (Å²) in [5.41, 5.74) is 9.39. The first-order chi connectivity index (χ1) is 7.79. The average molecular weight is 215 g/mol. The Morgan fingerprint density at radius 2 is 2.31 bits per heavy atom. The van der Waals surface area contributed by atoms with Gasteiger partial charge in [0.2, 0.25) is 0 Å². The summed E-state index contributed by atoms with van der Waals surface area (Å²) in [7, 11) is 0. The molecule has 3 rings (SSSR count). The maximum Gasteiger partial charge on any atom is 0.0960 e. The maximum absolute atomic E-state index is 5.71. The van der Waals surface area contributed by atoms with Crippen LogP contribution in [-0.4, -0.2) is 16.1 Å². The van der Waals surface area contributed by atoms with Gasteiger partial charge in [-0.3, -0.25) is 0 Å². The molecule has 1 atom stereocenters.